The number of halogens is 1. The summed E-state index contributed by atoms with van der Waals surface area (Å²) in [5.41, 5.74) is 7.56. The Bertz CT molecular complexity index is 591. The molecule has 2 N–H and O–H groups in total. The number of ether oxygens (including phenoxy) is 1. The molecule has 4 heteroatoms. The van der Waals surface area contributed by atoms with Gasteiger partial charge in [-0.3, -0.25) is 0 Å². The molecule has 0 unspecified atom stereocenters. The van der Waals surface area contributed by atoms with Gasteiger partial charge < -0.3 is 10.5 Å². The fourth-order valence-corrected chi connectivity index (χ4v) is 2.10. The quantitative estimate of drug-likeness (QED) is 0.885. The minimum atomic E-state index is 0.0884. The lowest BCUT2D eigenvalue weighted by molar-refractivity contribution is 0.457. The molecule has 0 aliphatic carbocycles. The first-order valence-corrected chi connectivity index (χ1v) is 6.85. The van der Waals surface area contributed by atoms with Crippen LogP contribution in [-0.2, 0) is 5.41 Å². The number of nitrogens with zero attached hydrogens (tertiary/aromatic N) is 1. The molecule has 0 aliphatic heterocycles. The first-order chi connectivity index (χ1) is 8.86. The van der Waals surface area contributed by atoms with Gasteiger partial charge in [0.05, 0.1) is 16.4 Å². The number of pyridine rings is 1. The van der Waals surface area contributed by atoms with Crippen LogP contribution >= 0.6 is 15.9 Å². The summed E-state index contributed by atoms with van der Waals surface area (Å²) in [4.78, 5) is 4.17. The van der Waals surface area contributed by atoms with Crippen molar-refractivity contribution in [2.24, 2.45) is 0 Å². The number of benzene rings is 1. The predicted molar refractivity (Wildman–Crippen MR) is 81.6 cm³/mol. The molecule has 1 aromatic heterocycles. The fraction of sp³-hybridized carbons (Fsp3) is 0.267. The Labute approximate surface area is 121 Å². The van der Waals surface area contributed by atoms with E-state index < -0.39 is 0 Å². The first kappa shape index (κ1) is 13.9. The van der Waals surface area contributed by atoms with Crippen LogP contribution in [0.3, 0.4) is 0 Å². The average molecular weight is 321 g/mol. The predicted octanol–water partition coefficient (Wildman–Crippen LogP) is 4.52. The molecule has 100 valence electrons. The number of hydrogen-bond acceptors (Lipinski definition) is 3. The molecule has 0 atom stereocenters. The zero-order valence-electron chi connectivity index (χ0n) is 11.3. The third-order valence-electron chi connectivity index (χ3n) is 2.74. The fourth-order valence-electron chi connectivity index (χ4n) is 1.65. The van der Waals surface area contributed by atoms with Crippen LogP contribution in [0.1, 0.15) is 26.3 Å². The summed E-state index contributed by atoms with van der Waals surface area (Å²) in [5.74, 6) is 1.28. The molecular weight excluding hydrogens is 304 g/mol. The van der Waals surface area contributed by atoms with Gasteiger partial charge in [-0.1, -0.05) is 32.9 Å². The van der Waals surface area contributed by atoms with Crippen LogP contribution in [0, 0.1) is 0 Å². The summed E-state index contributed by atoms with van der Waals surface area (Å²) in [5, 5.41) is 0. The summed E-state index contributed by atoms with van der Waals surface area (Å²) in [7, 11) is 0. The van der Waals surface area contributed by atoms with Crippen molar-refractivity contribution in [3.8, 4) is 11.6 Å². The zero-order chi connectivity index (χ0) is 14.0. The first-order valence-electron chi connectivity index (χ1n) is 6.06. The van der Waals surface area contributed by atoms with E-state index >= 15 is 0 Å². The molecule has 3 nitrogen and oxygen atoms in total. The number of anilines is 1. The van der Waals surface area contributed by atoms with Crippen LogP contribution in [0.2, 0.25) is 0 Å². The smallest absolute Gasteiger partial charge is 0.233 e. The van der Waals surface area contributed by atoms with E-state index in [1.165, 1.54) is 5.56 Å². The van der Waals surface area contributed by atoms with Crippen LogP contribution < -0.4 is 10.5 Å². The lowest BCUT2D eigenvalue weighted by Gasteiger charge is -2.19. The molecular formula is C15H17BrN2O. The van der Waals surface area contributed by atoms with Crippen LogP contribution in [0.25, 0.3) is 0 Å². The molecule has 0 fully saturated rings. The highest BCUT2D eigenvalue weighted by atomic mass is 79.9. The van der Waals surface area contributed by atoms with Crippen LogP contribution in [-0.4, -0.2) is 4.98 Å². The standard InChI is InChI=1S/C15H17BrN2O/c1-15(2,3)10-5-4-6-12(7-10)19-14-13(16)8-11(17)9-18-14/h4-9H,17H2,1-3H3. The maximum atomic E-state index is 5.79. The lowest BCUT2D eigenvalue weighted by Crippen LogP contribution is -2.10. The summed E-state index contributed by atoms with van der Waals surface area (Å²) in [6, 6.07) is 9.81. The molecule has 0 saturated carbocycles. The van der Waals surface area contributed by atoms with E-state index in [9.17, 15) is 0 Å². The molecule has 1 heterocycles. The number of aromatic nitrogens is 1. The molecule has 1 aromatic carbocycles. The zero-order valence-corrected chi connectivity index (χ0v) is 12.9. The molecule has 19 heavy (non-hydrogen) atoms. The normalized spacial score (nSPS) is 11.4. The third kappa shape index (κ3) is 3.47. The van der Waals surface area contributed by atoms with Crippen molar-refractivity contribution < 1.29 is 4.74 Å². The molecule has 0 saturated heterocycles. The molecule has 0 amide bonds. The van der Waals surface area contributed by atoms with Gasteiger partial charge in [0.15, 0.2) is 0 Å². The van der Waals surface area contributed by atoms with Gasteiger partial charge in [0, 0.05) is 0 Å². The highest BCUT2D eigenvalue weighted by molar-refractivity contribution is 9.10. The largest absolute Gasteiger partial charge is 0.438 e. The van der Waals surface area contributed by atoms with Crippen LogP contribution in [0.4, 0.5) is 5.69 Å². The SMILES string of the molecule is CC(C)(C)c1cccc(Oc2ncc(N)cc2Br)c1. The molecule has 0 radical (unpaired) electrons. The summed E-state index contributed by atoms with van der Waals surface area (Å²) < 4.78 is 6.53. The van der Waals surface area contributed by atoms with Gasteiger partial charge in [-0.2, -0.15) is 0 Å². The van der Waals surface area contributed by atoms with Crippen LogP contribution in [0.15, 0.2) is 41.0 Å². The minimum absolute atomic E-state index is 0.0884. The van der Waals surface area contributed by atoms with Gasteiger partial charge in [-0.15, -0.1) is 0 Å². The Kier molecular flexibility index (Phi) is 3.80. The van der Waals surface area contributed by atoms with Crippen molar-refractivity contribution in [2.75, 3.05) is 5.73 Å². The molecule has 2 aromatic rings. The van der Waals surface area contributed by atoms with E-state index in [1.54, 1.807) is 12.3 Å². The van der Waals surface area contributed by atoms with E-state index in [-0.39, 0.29) is 5.41 Å². The Morgan fingerprint density at radius 1 is 1.21 bits per heavy atom. The molecule has 0 bridgehead atoms. The number of rotatable bonds is 2. The minimum Gasteiger partial charge on any atom is -0.438 e. The van der Waals surface area contributed by atoms with Gasteiger partial charge in [0.1, 0.15) is 5.75 Å². The summed E-state index contributed by atoms with van der Waals surface area (Å²) in [6.45, 7) is 6.51. The number of nitrogen functional groups attached to an aromatic ring is 1. The highest BCUT2D eigenvalue weighted by Crippen LogP contribution is 2.31. The van der Waals surface area contributed by atoms with E-state index in [2.05, 4.69) is 47.8 Å². The molecule has 2 rings (SSSR count). The Hall–Kier alpha value is -1.55. The van der Waals surface area contributed by atoms with Gasteiger partial charge >= 0.3 is 0 Å². The van der Waals surface area contributed by atoms with E-state index in [4.69, 9.17) is 10.5 Å². The van der Waals surface area contributed by atoms with Crippen molar-refractivity contribution >= 4 is 21.6 Å². The average Bonchev–Trinajstić information content (AvgIpc) is 2.32. The monoisotopic (exact) mass is 320 g/mol. The lowest BCUT2D eigenvalue weighted by atomic mass is 9.87. The Morgan fingerprint density at radius 3 is 2.58 bits per heavy atom. The van der Waals surface area contributed by atoms with Crippen LogP contribution in [0.5, 0.6) is 11.6 Å². The number of hydrogen-bond donors (Lipinski definition) is 1. The second-order valence-corrected chi connectivity index (χ2v) is 6.29. The number of nitrogens with two attached hydrogens (primary N) is 1. The Balaban J connectivity index is 2.29. The maximum Gasteiger partial charge on any atom is 0.233 e. The third-order valence-corrected chi connectivity index (χ3v) is 3.31. The summed E-state index contributed by atoms with van der Waals surface area (Å²) in [6.07, 6.45) is 1.58. The Morgan fingerprint density at radius 2 is 1.95 bits per heavy atom. The van der Waals surface area contributed by atoms with Gasteiger partial charge in [-0.05, 0) is 45.1 Å². The van der Waals surface area contributed by atoms with Crippen molar-refractivity contribution in [3.63, 3.8) is 0 Å². The molecule has 0 aliphatic rings. The van der Waals surface area contributed by atoms with Crippen molar-refractivity contribution in [2.45, 2.75) is 26.2 Å². The van der Waals surface area contributed by atoms with Crippen molar-refractivity contribution in [1.82, 2.24) is 4.98 Å². The second-order valence-electron chi connectivity index (χ2n) is 5.44. The van der Waals surface area contributed by atoms with Crippen molar-refractivity contribution in [3.05, 3.63) is 46.6 Å². The summed E-state index contributed by atoms with van der Waals surface area (Å²) >= 11 is 3.40. The van der Waals surface area contributed by atoms with E-state index in [0.717, 1.165) is 10.2 Å². The topological polar surface area (TPSA) is 48.1 Å². The second kappa shape index (κ2) is 5.21. The highest BCUT2D eigenvalue weighted by Gasteiger charge is 2.14. The van der Waals surface area contributed by atoms with E-state index in [0.29, 0.717) is 11.6 Å². The maximum absolute atomic E-state index is 5.79. The van der Waals surface area contributed by atoms with Gasteiger partial charge in [0.25, 0.3) is 0 Å². The van der Waals surface area contributed by atoms with E-state index in [1.807, 2.05) is 18.2 Å². The van der Waals surface area contributed by atoms with Crippen molar-refractivity contribution in [1.29, 1.82) is 0 Å². The molecule has 0 spiro atoms. The van der Waals surface area contributed by atoms with Gasteiger partial charge in [0.2, 0.25) is 5.88 Å². The van der Waals surface area contributed by atoms with Gasteiger partial charge in [-0.25, -0.2) is 4.98 Å².